The Labute approximate surface area is 739 Å². The van der Waals surface area contributed by atoms with Gasteiger partial charge in [-0.3, -0.25) is 0 Å². The maximum absolute atomic E-state index is 13.9. The number of unbranched alkanes of at least 4 members (excludes halogenated alkanes) is 3. The summed E-state index contributed by atoms with van der Waals surface area (Å²) < 4.78 is 111. The summed E-state index contributed by atoms with van der Waals surface area (Å²) in [6.07, 6.45) is 58.5. The molecule has 668 valence electrons. The number of halogens is 8. The van der Waals surface area contributed by atoms with Crippen LogP contribution in [0.5, 0.6) is 0 Å². The highest BCUT2D eigenvalue weighted by Crippen LogP contribution is 2.51. The first-order valence-electron chi connectivity index (χ1n) is 49.4. The van der Waals surface area contributed by atoms with Crippen LogP contribution in [0.3, 0.4) is 0 Å². The molecule has 0 nitrogen and oxygen atoms in total. The Kier molecular flexibility index (Phi) is 36.3. The van der Waals surface area contributed by atoms with Gasteiger partial charge in [0.1, 0.15) is 46.5 Å². The second-order valence-electron chi connectivity index (χ2n) is 40.2. The van der Waals surface area contributed by atoms with Crippen molar-refractivity contribution < 1.29 is 35.1 Å². The average molecular weight is 1690 g/mol. The molecule has 0 spiro atoms. The highest BCUT2D eigenvalue weighted by Gasteiger charge is 2.37. The molecule has 8 saturated carbocycles. The largest absolute Gasteiger partial charge is 0.207 e. The lowest BCUT2D eigenvalue weighted by Gasteiger charge is -2.38. The molecular formula is C115H152F8. The number of hydrogen-bond donors (Lipinski definition) is 0. The van der Waals surface area contributed by atoms with Gasteiger partial charge in [0.05, 0.1) is 0 Å². The van der Waals surface area contributed by atoms with E-state index >= 15 is 0 Å². The molecule has 8 aliphatic rings. The molecule has 0 aromatic heterocycles. The summed E-state index contributed by atoms with van der Waals surface area (Å²) in [5, 5.41) is 0. The minimum atomic E-state index is -0.477. The lowest BCUT2D eigenvalue weighted by atomic mass is 9.68. The predicted octanol–water partition coefficient (Wildman–Crippen LogP) is 36.7. The van der Waals surface area contributed by atoms with Crippen LogP contribution in [0.1, 0.15) is 373 Å². The second kappa shape index (κ2) is 46.8. The molecule has 16 rings (SSSR count). The summed E-state index contributed by atoms with van der Waals surface area (Å²) in [4.78, 5) is 0. The van der Waals surface area contributed by atoms with Gasteiger partial charge in [-0.2, -0.15) is 0 Å². The maximum Gasteiger partial charge on any atom is 0.129 e. The van der Waals surface area contributed by atoms with Gasteiger partial charge in [0.25, 0.3) is 0 Å². The van der Waals surface area contributed by atoms with Crippen LogP contribution in [0, 0.1) is 145 Å². The molecule has 0 atom stereocenters. The van der Waals surface area contributed by atoms with Crippen molar-refractivity contribution in [3.63, 3.8) is 0 Å². The fourth-order valence-electron chi connectivity index (χ4n) is 24.2. The summed E-state index contributed by atoms with van der Waals surface area (Å²) >= 11 is 0. The molecule has 0 amide bonds. The van der Waals surface area contributed by atoms with Crippen molar-refractivity contribution >= 4 is 0 Å². The molecule has 123 heavy (non-hydrogen) atoms. The van der Waals surface area contributed by atoms with E-state index in [1.165, 1.54) is 368 Å². The Morgan fingerprint density at radius 2 is 0.390 bits per heavy atom. The summed E-state index contributed by atoms with van der Waals surface area (Å²) in [5.41, 5.74) is 11.9. The molecule has 0 radical (unpaired) electrons. The van der Waals surface area contributed by atoms with Crippen molar-refractivity contribution in [1.29, 1.82) is 0 Å². The van der Waals surface area contributed by atoms with Crippen molar-refractivity contribution in [3.8, 4) is 44.5 Å². The first-order valence-corrected chi connectivity index (χ1v) is 49.4. The van der Waals surface area contributed by atoms with Gasteiger partial charge in [-0.25, -0.2) is 35.1 Å². The Morgan fingerprint density at radius 3 is 0.585 bits per heavy atom. The molecule has 0 aliphatic heterocycles. The number of rotatable bonds is 22. The van der Waals surface area contributed by atoms with Gasteiger partial charge in [-0.1, -0.05) is 248 Å². The Balaban J connectivity index is 0.000000149. The normalized spacial score (nSPS) is 26.7. The first-order chi connectivity index (χ1) is 59.2. The van der Waals surface area contributed by atoms with E-state index in [0.717, 1.165) is 93.3 Å². The van der Waals surface area contributed by atoms with Crippen molar-refractivity contribution in [3.05, 3.63) is 237 Å². The number of benzene rings is 8. The highest BCUT2D eigenvalue weighted by atomic mass is 19.2. The van der Waals surface area contributed by atoms with Gasteiger partial charge in [0.15, 0.2) is 0 Å². The standard InChI is InChI=1S/C30H40F2.C29H38F2.C28H36F2.C27H34F2.CH4/c1-3-4-5-6-22-7-9-23(10-8-22)24-11-13-25(14-12-24)26-15-17-27(18-16-26)28-19-29(31)21(2)30(32)20-28;1-3-4-5-21-6-8-22(9-7-21)23-10-12-24(13-11-23)25-14-16-26(17-15-25)27-18-28(30)20(2)29(31)19-27;1-3-4-20-5-7-21(8-6-20)22-9-11-23(12-10-22)24-13-15-25(16-14-24)26-17-27(29)19(2)28(30)18-26;1-3-19-4-6-20(7-5-19)21-8-10-22(11-9-21)23-12-14-24(15-13-23)25-16-26(28)18(2)27(29)17-25;/h15-20,22-25H,3-14H2,1-2H3;14-19,21-24H,3-13H2,1-2H3;13-18,20-23H,3-12H2,1-2H3;12-17,19-22H,3-11H2,1-2H3;1H4. The summed E-state index contributed by atoms with van der Waals surface area (Å²) in [7, 11) is 0. The molecule has 0 bridgehead atoms. The molecule has 0 saturated heterocycles. The molecule has 0 heterocycles. The van der Waals surface area contributed by atoms with E-state index in [1.807, 2.05) is 48.5 Å². The Hall–Kier alpha value is -6.80. The predicted molar refractivity (Wildman–Crippen MR) is 502 cm³/mol. The number of hydrogen-bond acceptors (Lipinski definition) is 0. The van der Waals surface area contributed by atoms with E-state index in [1.54, 1.807) is 0 Å². The molecule has 8 aliphatic carbocycles. The van der Waals surface area contributed by atoms with E-state index in [0.29, 0.717) is 45.9 Å². The minimum absolute atomic E-state index is 0. The highest BCUT2D eigenvalue weighted by molar-refractivity contribution is 5.68. The van der Waals surface area contributed by atoms with Crippen molar-refractivity contribution in [2.24, 2.45) is 71.0 Å². The molecule has 8 fully saturated rings. The second-order valence-corrected chi connectivity index (χ2v) is 40.2. The minimum Gasteiger partial charge on any atom is -0.207 e. The lowest BCUT2D eigenvalue weighted by Crippen LogP contribution is -2.25. The molecule has 0 unspecified atom stereocenters. The van der Waals surface area contributed by atoms with Gasteiger partial charge in [-0.05, 0) is 392 Å². The quantitative estimate of drug-likeness (QED) is 0.0469. The monoisotopic (exact) mass is 1690 g/mol. The SMILES string of the molecule is C.CCC1CCC(C2CCC(c3ccc(-c4cc(F)c(C)c(F)c4)cc3)CC2)CC1.CCCC1CCC(C2CCC(c3ccc(-c4cc(F)c(C)c(F)c4)cc3)CC2)CC1.CCCCC1CCC(C2CCC(c3ccc(-c4cc(F)c(C)c(F)c4)cc3)CC2)CC1.CCCCCC1CCC(C2CCC(c3ccc(-c4cc(F)c(C)c(F)c4)cc3)CC2)CC1. The van der Waals surface area contributed by atoms with Crippen LogP contribution in [0.25, 0.3) is 44.5 Å². The molecular weight excluding hydrogens is 1530 g/mol. The lowest BCUT2D eigenvalue weighted by molar-refractivity contribution is 0.155. The first kappa shape index (κ1) is 95.3. The smallest absolute Gasteiger partial charge is 0.129 e. The molecule has 8 aromatic rings. The van der Waals surface area contributed by atoms with Gasteiger partial charge < -0.3 is 0 Å². The van der Waals surface area contributed by atoms with E-state index < -0.39 is 46.5 Å². The zero-order valence-corrected chi connectivity index (χ0v) is 75.8. The van der Waals surface area contributed by atoms with E-state index in [2.05, 4.69) is 76.2 Å². The van der Waals surface area contributed by atoms with E-state index in [4.69, 9.17) is 0 Å². The van der Waals surface area contributed by atoms with Crippen LogP contribution < -0.4 is 0 Å². The Bertz CT molecular complexity index is 4380. The molecule has 0 N–H and O–H groups in total. The van der Waals surface area contributed by atoms with Gasteiger partial charge >= 0.3 is 0 Å². The maximum atomic E-state index is 13.9. The van der Waals surface area contributed by atoms with Gasteiger partial charge in [-0.15, -0.1) is 0 Å². The van der Waals surface area contributed by atoms with E-state index in [-0.39, 0.29) is 29.7 Å². The third-order valence-electron chi connectivity index (χ3n) is 32.8. The van der Waals surface area contributed by atoms with Crippen LogP contribution in [0.4, 0.5) is 35.1 Å². The fraction of sp³-hybridized carbons (Fsp3) is 0.583. The summed E-state index contributed by atoms with van der Waals surface area (Å²) in [6.45, 7) is 15.2. The molecule has 8 aromatic carbocycles. The molecule has 8 heteroatoms. The Morgan fingerprint density at radius 1 is 0.203 bits per heavy atom. The zero-order chi connectivity index (χ0) is 85.8. The van der Waals surface area contributed by atoms with Crippen LogP contribution in [0.2, 0.25) is 0 Å². The summed E-state index contributed by atoms with van der Waals surface area (Å²) in [6, 6.07) is 45.1. The average Bonchev–Trinajstić information content (AvgIpc) is 0.819. The summed E-state index contributed by atoms with van der Waals surface area (Å²) in [5.74, 6) is 10.3. The van der Waals surface area contributed by atoms with Crippen LogP contribution in [0.15, 0.2) is 146 Å². The third-order valence-corrected chi connectivity index (χ3v) is 32.8. The van der Waals surface area contributed by atoms with Gasteiger partial charge in [0, 0.05) is 22.3 Å². The van der Waals surface area contributed by atoms with Crippen LogP contribution in [-0.4, -0.2) is 0 Å². The van der Waals surface area contributed by atoms with Gasteiger partial charge in [0.2, 0.25) is 0 Å². The topological polar surface area (TPSA) is 0 Å². The van der Waals surface area contributed by atoms with Crippen molar-refractivity contribution in [1.82, 2.24) is 0 Å². The van der Waals surface area contributed by atoms with Crippen LogP contribution in [-0.2, 0) is 0 Å². The van der Waals surface area contributed by atoms with Crippen molar-refractivity contribution in [2.45, 2.75) is 356 Å². The third kappa shape index (κ3) is 25.8. The zero-order valence-electron chi connectivity index (χ0n) is 75.8. The van der Waals surface area contributed by atoms with Crippen molar-refractivity contribution in [2.75, 3.05) is 0 Å². The fourth-order valence-corrected chi connectivity index (χ4v) is 24.2. The van der Waals surface area contributed by atoms with Crippen LogP contribution >= 0.6 is 0 Å². The van der Waals surface area contributed by atoms with E-state index in [9.17, 15) is 35.1 Å².